The Morgan fingerprint density at radius 3 is 2.59 bits per heavy atom. The lowest BCUT2D eigenvalue weighted by Gasteiger charge is -2.10. The number of hydrogen-bond donors (Lipinski definition) is 0. The number of methoxy groups -OCH3 is 1. The summed E-state index contributed by atoms with van der Waals surface area (Å²) < 4.78 is 18.4. The SMILES string of the molecule is COc1ccc(CCn2c(C)cc(C(=O)CSc3nnc(-c4ccoc4C)o3)c2C)cc1. The standard InChI is InChI=1S/C24H25N3O4S/c1-15-13-21(16(2)27(15)11-9-18-5-7-19(29-4)8-6-18)22(28)14-32-24-26-25-23(31-24)20-10-12-30-17(20)3/h5-8,10,12-13H,9,11,14H2,1-4H3. The van der Waals surface area contributed by atoms with Gasteiger partial charge in [0.05, 0.1) is 24.7 Å². The highest BCUT2D eigenvalue weighted by Crippen LogP contribution is 2.27. The number of aryl methyl sites for hydroxylation is 3. The third-order valence-corrected chi connectivity index (χ3v) is 6.30. The van der Waals surface area contributed by atoms with Crippen molar-refractivity contribution in [1.29, 1.82) is 0 Å². The van der Waals surface area contributed by atoms with Crippen LogP contribution in [0.2, 0.25) is 0 Å². The van der Waals surface area contributed by atoms with Gasteiger partial charge in [0.25, 0.3) is 11.1 Å². The number of rotatable bonds is 9. The van der Waals surface area contributed by atoms with Gasteiger partial charge in [0.15, 0.2) is 5.78 Å². The molecule has 0 aliphatic carbocycles. The molecule has 0 aliphatic rings. The molecule has 0 aliphatic heterocycles. The average molecular weight is 452 g/mol. The minimum absolute atomic E-state index is 0.0399. The lowest BCUT2D eigenvalue weighted by molar-refractivity contribution is 0.102. The molecular formula is C24H25N3O4S. The number of furan rings is 1. The van der Waals surface area contributed by atoms with Crippen LogP contribution in [-0.2, 0) is 13.0 Å². The Morgan fingerprint density at radius 2 is 1.91 bits per heavy atom. The predicted molar refractivity (Wildman–Crippen MR) is 122 cm³/mol. The Labute approximate surface area is 190 Å². The molecular weight excluding hydrogens is 426 g/mol. The molecule has 0 saturated carbocycles. The molecule has 0 saturated heterocycles. The van der Waals surface area contributed by atoms with Crippen LogP contribution in [-0.4, -0.2) is 33.4 Å². The summed E-state index contributed by atoms with van der Waals surface area (Å²) in [4.78, 5) is 12.9. The summed E-state index contributed by atoms with van der Waals surface area (Å²) in [6, 6.07) is 11.8. The summed E-state index contributed by atoms with van der Waals surface area (Å²) >= 11 is 1.24. The molecule has 0 spiro atoms. The van der Waals surface area contributed by atoms with Gasteiger partial charge >= 0.3 is 0 Å². The zero-order valence-corrected chi connectivity index (χ0v) is 19.4. The van der Waals surface area contributed by atoms with E-state index in [1.165, 1.54) is 17.3 Å². The number of benzene rings is 1. The van der Waals surface area contributed by atoms with Crippen LogP contribution >= 0.6 is 11.8 Å². The Balaban J connectivity index is 1.39. The van der Waals surface area contributed by atoms with Crippen molar-refractivity contribution in [2.24, 2.45) is 0 Å². The maximum Gasteiger partial charge on any atom is 0.277 e. The number of nitrogens with zero attached hydrogens (tertiary/aromatic N) is 3. The van der Waals surface area contributed by atoms with Gasteiger partial charge in [-0.3, -0.25) is 4.79 Å². The fourth-order valence-electron chi connectivity index (χ4n) is 3.65. The van der Waals surface area contributed by atoms with Gasteiger partial charge in [-0.15, -0.1) is 10.2 Å². The summed E-state index contributed by atoms with van der Waals surface area (Å²) in [6.07, 6.45) is 2.45. The first-order valence-electron chi connectivity index (χ1n) is 10.3. The van der Waals surface area contributed by atoms with Crippen LogP contribution in [0.5, 0.6) is 5.75 Å². The first-order chi connectivity index (χ1) is 15.5. The van der Waals surface area contributed by atoms with Crippen molar-refractivity contribution in [3.05, 3.63) is 70.9 Å². The summed E-state index contributed by atoms with van der Waals surface area (Å²) in [5.41, 5.74) is 4.76. The molecule has 0 amide bonds. The molecule has 0 unspecified atom stereocenters. The van der Waals surface area contributed by atoms with Gasteiger partial charge in [-0.25, -0.2) is 0 Å². The van der Waals surface area contributed by atoms with Crippen molar-refractivity contribution < 1.29 is 18.4 Å². The number of ether oxygens (including phenoxy) is 1. The third-order valence-electron chi connectivity index (χ3n) is 5.48. The fourth-order valence-corrected chi connectivity index (χ4v) is 4.30. The van der Waals surface area contributed by atoms with Gasteiger partial charge in [0, 0.05) is 23.5 Å². The monoisotopic (exact) mass is 451 g/mol. The second-order valence-corrected chi connectivity index (χ2v) is 8.44. The molecule has 4 rings (SSSR count). The van der Waals surface area contributed by atoms with E-state index in [0.717, 1.165) is 41.2 Å². The maximum absolute atomic E-state index is 12.9. The normalized spacial score (nSPS) is 11.1. The average Bonchev–Trinajstić information content (AvgIpc) is 3.50. The Bertz CT molecular complexity index is 1220. The third kappa shape index (κ3) is 4.65. The van der Waals surface area contributed by atoms with Gasteiger partial charge in [-0.2, -0.15) is 0 Å². The molecule has 0 N–H and O–H groups in total. The number of hydrogen-bond acceptors (Lipinski definition) is 7. The van der Waals surface area contributed by atoms with Crippen molar-refractivity contribution in [1.82, 2.24) is 14.8 Å². The van der Waals surface area contributed by atoms with E-state index >= 15 is 0 Å². The largest absolute Gasteiger partial charge is 0.497 e. The number of carbonyl (C=O) groups is 1. The molecule has 4 aromatic rings. The number of Topliss-reactive ketones (excluding diaryl/α,β-unsaturated/α-hetero) is 1. The zero-order valence-electron chi connectivity index (χ0n) is 18.5. The molecule has 0 radical (unpaired) electrons. The van der Waals surface area contributed by atoms with Crippen molar-refractivity contribution in [3.63, 3.8) is 0 Å². The van der Waals surface area contributed by atoms with E-state index in [1.54, 1.807) is 19.4 Å². The summed E-state index contributed by atoms with van der Waals surface area (Å²) in [5.74, 6) is 2.22. The summed E-state index contributed by atoms with van der Waals surface area (Å²) in [5, 5.41) is 8.45. The molecule has 0 bridgehead atoms. The highest BCUT2D eigenvalue weighted by Gasteiger charge is 2.18. The number of aromatic nitrogens is 3. The van der Waals surface area contributed by atoms with Crippen molar-refractivity contribution in [2.75, 3.05) is 12.9 Å². The van der Waals surface area contributed by atoms with E-state index in [9.17, 15) is 4.79 Å². The number of carbonyl (C=O) groups excluding carboxylic acids is 1. The number of thioether (sulfide) groups is 1. The van der Waals surface area contributed by atoms with Crippen molar-refractivity contribution in [2.45, 2.75) is 39.0 Å². The lowest BCUT2D eigenvalue weighted by Crippen LogP contribution is -2.08. The van der Waals surface area contributed by atoms with Crippen molar-refractivity contribution in [3.8, 4) is 17.2 Å². The van der Waals surface area contributed by atoms with E-state index in [4.69, 9.17) is 13.6 Å². The molecule has 0 atom stereocenters. The second kappa shape index (κ2) is 9.48. The Morgan fingerprint density at radius 1 is 1.12 bits per heavy atom. The molecule has 7 nitrogen and oxygen atoms in total. The van der Waals surface area contributed by atoms with E-state index < -0.39 is 0 Å². The predicted octanol–water partition coefficient (Wildman–Crippen LogP) is 5.28. The molecule has 166 valence electrons. The summed E-state index contributed by atoms with van der Waals surface area (Å²) in [6.45, 7) is 6.66. The first kappa shape index (κ1) is 22.0. The molecule has 3 aromatic heterocycles. The van der Waals surface area contributed by atoms with Gasteiger partial charge in [0.2, 0.25) is 0 Å². The second-order valence-electron chi connectivity index (χ2n) is 7.51. The van der Waals surface area contributed by atoms with Crippen LogP contribution in [0.25, 0.3) is 11.5 Å². The van der Waals surface area contributed by atoms with Crippen LogP contribution in [0.15, 0.2) is 56.7 Å². The van der Waals surface area contributed by atoms with Gasteiger partial charge in [0.1, 0.15) is 11.5 Å². The van der Waals surface area contributed by atoms with E-state index in [-0.39, 0.29) is 11.5 Å². The first-order valence-corrected chi connectivity index (χ1v) is 11.3. The fraction of sp³-hybridized carbons (Fsp3) is 0.292. The van der Waals surface area contributed by atoms with Crippen molar-refractivity contribution >= 4 is 17.5 Å². The molecule has 1 aromatic carbocycles. The minimum atomic E-state index is 0.0399. The molecule has 0 fully saturated rings. The molecule has 3 heterocycles. The van der Waals surface area contributed by atoms with Crippen LogP contribution in [0, 0.1) is 20.8 Å². The highest BCUT2D eigenvalue weighted by molar-refractivity contribution is 7.99. The zero-order chi connectivity index (χ0) is 22.7. The van der Waals surface area contributed by atoms with Crippen LogP contribution in [0.3, 0.4) is 0 Å². The quantitative estimate of drug-likeness (QED) is 0.253. The summed E-state index contributed by atoms with van der Waals surface area (Å²) in [7, 11) is 1.66. The molecule has 8 heteroatoms. The van der Waals surface area contributed by atoms with Gasteiger partial charge in [-0.05, 0) is 57.0 Å². The smallest absolute Gasteiger partial charge is 0.277 e. The van der Waals surface area contributed by atoms with Gasteiger partial charge < -0.3 is 18.1 Å². The maximum atomic E-state index is 12.9. The Kier molecular flexibility index (Phi) is 6.50. The topological polar surface area (TPSA) is 83.3 Å². The van der Waals surface area contributed by atoms with Crippen LogP contribution in [0.1, 0.15) is 33.1 Å². The lowest BCUT2D eigenvalue weighted by atomic mass is 10.1. The molecule has 32 heavy (non-hydrogen) atoms. The number of ketones is 1. The van der Waals surface area contributed by atoms with Crippen LogP contribution < -0.4 is 4.74 Å². The van der Waals surface area contributed by atoms with E-state index in [0.29, 0.717) is 16.9 Å². The van der Waals surface area contributed by atoms with Crippen LogP contribution in [0.4, 0.5) is 0 Å². The van der Waals surface area contributed by atoms with E-state index in [1.807, 2.05) is 39.0 Å². The van der Waals surface area contributed by atoms with Gasteiger partial charge in [-0.1, -0.05) is 23.9 Å². The Hall–Kier alpha value is -3.26. The minimum Gasteiger partial charge on any atom is -0.497 e. The van der Waals surface area contributed by atoms with E-state index in [2.05, 4.69) is 26.9 Å². The highest BCUT2D eigenvalue weighted by atomic mass is 32.2.